The van der Waals surface area contributed by atoms with E-state index in [1.54, 1.807) is 24.8 Å². The van der Waals surface area contributed by atoms with Gasteiger partial charge in [-0.2, -0.15) is 0 Å². The van der Waals surface area contributed by atoms with Gasteiger partial charge in [0.05, 0.1) is 5.69 Å². The average molecular weight is 604 g/mol. The SMILES string of the molecule is CCC(=O)N[C@@H](C(=O)N1CCN(C)[C@H](C)C1)[C@@H](C)c1ccc(NC(=O)[C@@H](NC(=O)C2(F)CC2)[C@H]2CC[C@H](C)CC2)c(F)c1. The Morgan fingerprint density at radius 1 is 1.05 bits per heavy atom. The third-order valence-corrected chi connectivity index (χ3v) is 9.65. The highest BCUT2D eigenvalue weighted by Crippen LogP contribution is 2.40. The molecule has 1 aromatic carbocycles. The second kappa shape index (κ2) is 13.7. The lowest BCUT2D eigenvalue weighted by Gasteiger charge is -2.40. The Labute approximate surface area is 253 Å². The molecular weight excluding hydrogens is 556 g/mol. The first kappa shape index (κ1) is 32.8. The van der Waals surface area contributed by atoms with Gasteiger partial charge in [-0.25, -0.2) is 8.78 Å². The van der Waals surface area contributed by atoms with Crippen LogP contribution in [0.4, 0.5) is 14.5 Å². The van der Waals surface area contributed by atoms with Gasteiger partial charge in [0, 0.05) is 38.0 Å². The number of carbonyl (C=O) groups is 4. The number of hydrogen-bond donors (Lipinski definition) is 3. The number of rotatable bonds is 10. The smallest absolute Gasteiger partial charge is 0.258 e. The van der Waals surface area contributed by atoms with Crippen LogP contribution in [0.15, 0.2) is 18.2 Å². The summed E-state index contributed by atoms with van der Waals surface area (Å²) in [6.45, 7) is 9.43. The van der Waals surface area contributed by atoms with Gasteiger partial charge in [-0.3, -0.25) is 19.2 Å². The van der Waals surface area contributed by atoms with E-state index in [1.807, 2.05) is 14.0 Å². The van der Waals surface area contributed by atoms with E-state index in [-0.39, 0.29) is 48.7 Å². The summed E-state index contributed by atoms with van der Waals surface area (Å²) in [7, 11) is 2.00. The van der Waals surface area contributed by atoms with Crippen LogP contribution < -0.4 is 16.0 Å². The fourth-order valence-electron chi connectivity index (χ4n) is 6.06. The van der Waals surface area contributed by atoms with E-state index in [0.717, 1.165) is 12.8 Å². The molecule has 1 aromatic rings. The molecule has 4 rings (SSSR count). The number of hydrogen-bond acceptors (Lipinski definition) is 5. The molecule has 0 spiro atoms. The molecule has 3 aliphatic rings. The predicted octanol–water partition coefficient (Wildman–Crippen LogP) is 3.74. The van der Waals surface area contributed by atoms with E-state index < -0.39 is 41.3 Å². The molecule has 9 nitrogen and oxygen atoms in total. The Balaban J connectivity index is 1.50. The Kier molecular flexibility index (Phi) is 10.5. The molecule has 3 fully saturated rings. The lowest BCUT2D eigenvalue weighted by molar-refractivity contribution is -0.139. The van der Waals surface area contributed by atoms with Crippen LogP contribution in [0, 0.1) is 17.7 Å². The quantitative estimate of drug-likeness (QED) is 0.378. The number of anilines is 1. The van der Waals surface area contributed by atoms with Crippen LogP contribution >= 0.6 is 0 Å². The van der Waals surface area contributed by atoms with E-state index in [2.05, 4.69) is 27.8 Å². The molecule has 0 radical (unpaired) electrons. The standard InChI is InChI=1S/C32H47F2N5O4/c1-6-26(40)36-27(30(42)39-16-15-38(5)20(3)18-39)21(4)23-11-12-25(24(33)17-23)35-29(41)28(22-9-7-19(2)8-10-22)37-31(43)32(34)13-14-32/h11-12,17,19-22,27-28H,6-10,13-16,18H2,1-5H3,(H,35,41)(H,36,40)(H,37,43)/t19-,20-,21+,22-,27-,28+/m1/s1. The second-order valence-corrected chi connectivity index (χ2v) is 13.0. The van der Waals surface area contributed by atoms with E-state index in [9.17, 15) is 23.6 Å². The van der Waals surface area contributed by atoms with Crippen LogP contribution in [-0.4, -0.2) is 83.9 Å². The van der Waals surface area contributed by atoms with Crippen LogP contribution in [-0.2, 0) is 19.2 Å². The molecule has 43 heavy (non-hydrogen) atoms. The van der Waals surface area contributed by atoms with E-state index in [1.165, 1.54) is 12.1 Å². The Morgan fingerprint density at radius 2 is 1.72 bits per heavy atom. The summed E-state index contributed by atoms with van der Waals surface area (Å²) < 4.78 is 30.0. The molecule has 0 unspecified atom stereocenters. The highest BCUT2D eigenvalue weighted by molar-refractivity contribution is 5.99. The maximum atomic E-state index is 15.5. The third kappa shape index (κ3) is 7.91. The summed E-state index contributed by atoms with van der Waals surface area (Å²) in [6, 6.07) is 2.64. The first-order chi connectivity index (χ1) is 20.3. The minimum absolute atomic E-state index is 0.0703. The molecule has 3 N–H and O–H groups in total. The van der Waals surface area contributed by atoms with Gasteiger partial charge in [0.1, 0.15) is 17.9 Å². The second-order valence-electron chi connectivity index (χ2n) is 13.0. The number of amides is 4. The normalized spacial score (nSPS) is 25.7. The average Bonchev–Trinajstić information content (AvgIpc) is 3.75. The van der Waals surface area contributed by atoms with Gasteiger partial charge in [-0.05, 0) is 69.2 Å². The lowest BCUT2D eigenvalue weighted by Crippen LogP contribution is -2.58. The van der Waals surface area contributed by atoms with Crippen molar-refractivity contribution in [2.75, 3.05) is 32.0 Å². The molecule has 1 saturated heterocycles. The van der Waals surface area contributed by atoms with Gasteiger partial charge in [0.25, 0.3) is 5.91 Å². The van der Waals surface area contributed by atoms with Crippen LogP contribution in [0.5, 0.6) is 0 Å². The number of carbonyl (C=O) groups excluding carboxylic acids is 4. The number of alkyl halides is 1. The van der Waals surface area contributed by atoms with Crippen molar-refractivity contribution in [3.05, 3.63) is 29.6 Å². The highest BCUT2D eigenvalue weighted by Gasteiger charge is 2.52. The van der Waals surface area contributed by atoms with Gasteiger partial charge < -0.3 is 25.8 Å². The summed E-state index contributed by atoms with van der Waals surface area (Å²) in [4.78, 5) is 55.9. The molecule has 11 heteroatoms. The number of benzene rings is 1. The van der Waals surface area contributed by atoms with Crippen molar-refractivity contribution in [1.82, 2.24) is 20.4 Å². The van der Waals surface area contributed by atoms with Crippen LogP contribution in [0.3, 0.4) is 0 Å². The van der Waals surface area contributed by atoms with E-state index in [4.69, 9.17) is 0 Å². The van der Waals surface area contributed by atoms with Crippen molar-refractivity contribution in [2.24, 2.45) is 11.8 Å². The summed E-state index contributed by atoms with van der Waals surface area (Å²) in [5.41, 5.74) is -1.50. The summed E-state index contributed by atoms with van der Waals surface area (Å²) >= 11 is 0. The van der Waals surface area contributed by atoms with Crippen molar-refractivity contribution in [3.63, 3.8) is 0 Å². The molecule has 1 aliphatic heterocycles. The number of nitrogens with one attached hydrogen (secondary N) is 3. The van der Waals surface area contributed by atoms with Crippen LogP contribution in [0.25, 0.3) is 0 Å². The lowest BCUT2D eigenvalue weighted by atomic mass is 9.79. The fourth-order valence-corrected chi connectivity index (χ4v) is 6.06. The van der Waals surface area contributed by atoms with Gasteiger partial charge in [-0.1, -0.05) is 39.7 Å². The molecule has 0 aromatic heterocycles. The van der Waals surface area contributed by atoms with Gasteiger partial charge in [0.2, 0.25) is 17.7 Å². The monoisotopic (exact) mass is 603 g/mol. The summed E-state index contributed by atoms with van der Waals surface area (Å²) in [6.07, 6.45) is 3.70. The summed E-state index contributed by atoms with van der Waals surface area (Å²) in [5, 5.41) is 8.08. The Hall–Kier alpha value is -3.08. The van der Waals surface area contributed by atoms with Crippen molar-refractivity contribution in [3.8, 4) is 0 Å². The number of likely N-dealkylation sites (N-methyl/N-ethyl adjacent to an activating group) is 1. The van der Waals surface area contributed by atoms with Gasteiger partial charge in [0.15, 0.2) is 5.67 Å². The molecule has 4 atom stereocenters. The van der Waals surface area contributed by atoms with Crippen LogP contribution in [0.1, 0.15) is 84.1 Å². The first-order valence-electron chi connectivity index (χ1n) is 15.7. The van der Waals surface area contributed by atoms with Crippen molar-refractivity contribution in [1.29, 1.82) is 0 Å². The number of piperazine rings is 1. The van der Waals surface area contributed by atoms with Gasteiger partial charge in [-0.15, -0.1) is 0 Å². The minimum Gasteiger partial charge on any atom is -0.344 e. The molecule has 2 saturated carbocycles. The van der Waals surface area contributed by atoms with Crippen molar-refractivity contribution < 1.29 is 28.0 Å². The van der Waals surface area contributed by atoms with Crippen molar-refractivity contribution in [2.45, 2.75) is 102 Å². The fraction of sp³-hybridized carbons (Fsp3) is 0.688. The highest BCUT2D eigenvalue weighted by atomic mass is 19.1. The zero-order chi connectivity index (χ0) is 31.5. The third-order valence-electron chi connectivity index (χ3n) is 9.65. The maximum Gasteiger partial charge on any atom is 0.258 e. The first-order valence-corrected chi connectivity index (χ1v) is 15.7. The maximum absolute atomic E-state index is 15.5. The zero-order valence-electron chi connectivity index (χ0n) is 26.1. The van der Waals surface area contributed by atoms with E-state index >= 15 is 4.39 Å². The molecule has 238 valence electrons. The number of nitrogens with zero attached hydrogens (tertiary/aromatic N) is 2. The number of halogens is 2. The molecule has 1 heterocycles. The predicted molar refractivity (Wildman–Crippen MR) is 160 cm³/mol. The molecule has 2 aliphatic carbocycles. The van der Waals surface area contributed by atoms with Crippen LogP contribution in [0.2, 0.25) is 0 Å². The largest absolute Gasteiger partial charge is 0.344 e. The zero-order valence-corrected chi connectivity index (χ0v) is 26.1. The Morgan fingerprint density at radius 3 is 2.30 bits per heavy atom. The topological polar surface area (TPSA) is 111 Å². The molecule has 0 bridgehead atoms. The molecular formula is C32H47F2N5O4. The van der Waals surface area contributed by atoms with Gasteiger partial charge >= 0.3 is 0 Å². The van der Waals surface area contributed by atoms with Crippen molar-refractivity contribution >= 4 is 29.3 Å². The summed E-state index contributed by atoms with van der Waals surface area (Å²) in [5.74, 6) is -2.76. The molecule has 4 amide bonds. The Bertz CT molecular complexity index is 1200. The minimum atomic E-state index is -1.92. The van der Waals surface area contributed by atoms with E-state index in [0.29, 0.717) is 44.0 Å².